The molecule has 2 atom stereocenters. The molecule has 94 valence electrons. The van der Waals surface area contributed by atoms with E-state index in [2.05, 4.69) is 15.3 Å². The van der Waals surface area contributed by atoms with E-state index in [1.165, 1.54) is 19.3 Å². The van der Waals surface area contributed by atoms with Gasteiger partial charge in [0.15, 0.2) is 0 Å². The molecule has 1 amide bonds. The van der Waals surface area contributed by atoms with Crippen LogP contribution in [0, 0.1) is 0 Å². The van der Waals surface area contributed by atoms with Gasteiger partial charge in [-0.15, -0.1) is 0 Å². The first-order valence-corrected chi connectivity index (χ1v) is 5.16. The van der Waals surface area contributed by atoms with Crippen molar-refractivity contribution in [3.8, 4) is 0 Å². The van der Waals surface area contributed by atoms with Crippen LogP contribution in [0.3, 0.4) is 0 Å². The highest BCUT2D eigenvalue weighted by Crippen LogP contribution is 2.15. The molecule has 17 heavy (non-hydrogen) atoms. The second kappa shape index (κ2) is 6.12. The zero-order valence-electron chi connectivity index (χ0n) is 9.38. The highest BCUT2D eigenvalue weighted by Gasteiger charge is 2.18. The predicted molar refractivity (Wildman–Crippen MR) is 59.1 cm³/mol. The van der Waals surface area contributed by atoms with Crippen molar-refractivity contribution in [1.29, 1.82) is 0 Å². The van der Waals surface area contributed by atoms with Crippen molar-refractivity contribution in [1.82, 2.24) is 15.3 Å². The van der Waals surface area contributed by atoms with Gasteiger partial charge in [-0.25, -0.2) is 9.78 Å². The molecule has 0 fully saturated rings. The van der Waals surface area contributed by atoms with Crippen LogP contribution in [-0.4, -0.2) is 38.7 Å². The van der Waals surface area contributed by atoms with E-state index in [1.807, 2.05) is 0 Å². The van der Waals surface area contributed by atoms with Crippen LogP contribution in [0.5, 0.6) is 0 Å². The molecule has 0 aromatic carbocycles. The molecule has 0 saturated heterocycles. The molecule has 0 aliphatic heterocycles. The maximum Gasteiger partial charge on any atom is 0.344 e. The van der Waals surface area contributed by atoms with Crippen LogP contribution in [0.4, 0.5) is 0 Å². The third-order valence-corrected chi connectivity index (χ3v) is 2.21. The molecule has 7 heteroatoms. The molecule has 1 rings (SSSR count). The van der Waals surface area contributed by atoms with E-state index in [9.17, 15) is 19.8 Å². The predicted octanol–water partition coefficient (Wildman–Crippen LogP) is -1.31. The highest BCUT2D eigenvalue weighted by atomic mass is 16.3. The SMILES string of the molecule is CC(=O)NCCC(O)C(O)c1cnc(=O)[nH]c1. The van der Waals surface area contributed by atoms with Crippen molar-refractivity contribution < 1.29 is 15.0 Å². The minimum Gasteiger partial charge on any atom is -0.390 e. The number of carbonyl (C=O) groups excluding carboxylic acids is 1. The summed E-state index contributed by atoms with van der Waals surface area (Å²) in [6, 6.07) is 0. The van der Waals surface area contributed by atoms with Gasteiger partial charge >= 0.3 is 5.69 Å². The smallest absolute Gasteiger partial charge is 0.344 e. The van der Waals surface area contributed by atoms with Crippen LogP contribution in [0.25, 0.3) is 0 Å². The first kappa shape index (κ1) is 13.3. The Labute approximate surface area is 97.5 Å². The monoisotopic (exact) mass is 241 g/mol. The Bertz CT molecular complexity index is 411. The van der Waals surface area contributed by atoms with E-state index in [-0.39, 0.29) is 18.9 Å². The van der Waals surface area contributed by atoms with Gasteiger partial charge in [0, 0.05) is 31.4 Å². The number of aliphatic hydroxyl groups is 2. The first-order valence-electron chi connectivity index (χ1n) is 5.16. The van der Waals surface area contributed by atoms with E-state index < -0.39 is 17.9 Å². The highest BCUT2D eigenvalue weighted by molar-refractivity contribution is 5.72. The normalized spacial score (nSPS) is 14.1. The zero-order valence-corrected chi connectivity index (χ0v) is 9.38. The molecule has 2 unspecified atom stereocenters. The summed E-state index contributed by atoms with van der Waals surface area (Å²) in [6.07, 6.45) is 0.523. The van der Waals surface area contributed by atoms with Crippen molar-refractivity contribution in [2.75, 3.05) is 6.54 Å². The second-order valence-corrected chi connectivity index (χ2v) is 3.64. The van der Waals surface area contributed by atoms with Gasteiger partial charge in [-0.1, -0.05) is 0 Å². The molecule has 4 N–H and O–H groups in total. The number of amides is 1. The Hall–Kier alpha value is -1.73. The molecule has 0 aliphatic rings. The lowest BCUT2D eigenvalue weighted by Crippen LogP contribution is -2.28. The number of H-pyrrole nitrogens is 1. The topological polar surface area (TPSA) is 115 Å². The van der Waals surface area contributed by atoms with Crippen molar-refractivity contribution in [3.05, 3.63) is 28.4 Å². The number of aromatic nitrogens is 2. The summed E-state index contributed by atoms with van der Waals surface area (Å²) < 4.78 is 0. The molecule has 1 aromatic heterocycles. The minimum atomic E-state index is -1.15. The van der Waals surface area contributed by atoms with Crippen LogP contribution < -0.4 is 11.0 Å². The number of carbonyl (C=O) groups is 1. The Kier molecular flexibility index (Phi) is 4.80. The second-order valence-electron chi connectivity index (χ2n) is 3.64. The summed E-state index contributed by atoms with van der Waals surface area (Å²) >= 11 is 0. The average molecular weight is 241 g/mol. The van der Waals surface area contributed by atoms with Crippen molar-refractivity contribution in [2.45, 2.75) is 25.6 Å². The van der Waals surface area contributed by atoms with Crippen LogP contribution in [0.2, 0.25) is 0 Å². The molecule has 0 aliphatic carbocycles. The summed E-state index contributed by atoms with van der Waals surface area (Å²) in [4.78, 5) is 27.0. The van der Waals surface area contributed by atoms with E-state index in [0.717, 1.165) is 0 Å². The van der Waals surface area contributed by atoms with Crippen LogP contribution in [-0.2, 0) is 4.79 Å². The van der Waals surface area contributed by atoms with Crippen molar-refractivity contribution in [2.24, 2.45) is 0 Å². The lowest BCUT2D eigenvalue weighted by atomic mass is 10.1. The number of nitrogens with zero attached hydrogens (tertiary/aromatic N) is 1. The van der Waals surface area contributed by atoms with Crippen LogP contribution in [0.15, 0.2) is 17.2 Å². The molecule has 1 heterocycles. The number of nitrogens with one attached hydrogen (secondary N) is 2. The number of aromatic amines is 1. The Morgan fingerprint density at radius 2 is 2.29 bits per heavy atom. The summed E-state index contributed by atoms with van der Waals surface area (Å²) in [5.74, 6) is -0.197. The third kappa shape index (κ3) is 4.33. The maximum atomic E-state index is 10.7. The number of hydrogen-bond donors (Lipinski definition) is 4. The molecule has 0 radical (unpaired) electrons. The van der Waals surface area contributed by atoms with Gasteiger partial charge < -0.3 is 20.5 Å². The third-order valence-electron chi connectivity index (χ3n) is 2.21. The van der Waals surface area contributed by atoms with Gasteiger partial charge in [-0.2, -0.15) is 0 Å². The molecule has 0 bridgehead atoms. The minimum absolute atomic E-state index is 0.197. The fraction of sp³-hybridized carbons (Fsp3) is 0.500. The molecule has 1 aromatic rings. The standard InChI is InChI=1S/C10H15N3O4/c1-6(14)11-3-2-8(15)9(16)7-4-12-10(17)13-5-7/h4-5,8-9,15-16H,2-3H2,1H3,(H,11,14)(H,12,13,17). The number of rotatable bonds is 5. The van der Waals surface area contributed by atoms with E-state index in [0.29, 0.717) is 5.56 Å². The molecule has 0 saturated carbocycles. The fourth-order valence-electron chi connectivity index (χ4n) is 1.29. The molecule has 0 spiro atoms. The van der Waals surface area contributed by atoms with Crippen LogP contribution >= 0.6 is 0 Å². The summed E-state index contributed by atoms with van der Waals surface area (Å²) in [5, 5.41) is 21.9. The van der Waals surface area contributed by atoms with Gasteiger partial charge in [0.2, 0.25) is 5.91 Å². The van der Waals surface area contributed by atoms with Crippen molar-refractivity contribution >= 4 is 5.91 Å². The first-order chi connectivity index (χ1) is 8.00. The van der Waals surface area contributed by atoms with E-state index in [4.69, 9.17) is 0 Å². The lowest BCUT2D eigenvalue weighted by molar-refractivity contribution is -0.119. The number of hydrogen-bond acceptors (Lipinski definition) is 5. The Morgan fingerprint density at radius 1 is 1.59 bits per heavy atom. The van der Waals surface area contributed by atoms with Gasteiger partial charge in [0.05, 0.1) is 6.10 Å². The molecule has 7 nitrogen and oxygen atoms in total. The van der Waals surface area contributed by atoms with Crippen molar-refractivity contribution in [3.63, 3.8) is 0 Å². The van der Waals surface area contributed by atoms with Gasteiger partial charge in [-0.05, 0) is 6.42 Å². The van der Waals surface area contributed by atoms with Gasteiger partial charge in [0.25, 0.3) is 0 Å². The summed E-state index contributed by atoms with van der Waals surface area (Å²) in [5.41, 5.74) is -0.200. The molecular weight excluding hydrogens is 226 g/mol. The van der Waals surface area contributed by atoms with Gasteiger partial charge in [0.1, 0.15) is 6.10 Å². The van der Waals surface area contributed by atoms with E-state index >= 15 is 0 Å². The fourth-order valence-corrected chi connectivity index (χ4v) is 1.29. The number of aliphatic hydroxyl groups excluding tert-OH is 2. The lowest BCUT2D eigenvalue weighted by Gasteiger charge is -2.17. The average Bonchev–Trinajstić information content (AvgIpc) is 2.28. The van der Waals surface area contributed by atoms with Crippen LogP contribution in [0.1, 0.15) is 25.0 Å². The quantitative estimate of drug-likeness (QED) is 0.511. The Morgan fingerprint density at radius 3 is 2.82 bits per heavy atom. The summed E-state index contributed by atoms with van der Waals surface area (Å²) in [7, 11) is 0. The Balaban J connectivity index is 2.51. The van der Waals surface area contributed by atoms with E-state index in [1.54, 1.807) is 0 Å². The van der Waals surface area contributed by atoms with Gasteiger partial charge in [-0.3, -0.25) is 4.79 Å². The summed E-state index contributed by atoms with van der Waals surface area (Å²) in [6.45, 7) is 1.64. The molecular formula is C10H15N3O4. The largest absolute Gasteiger partial charge is 0.390 e. The zero-order chi connectivity index (χ0) is 12.8. The maximum absolute atomic E-state index is 10.7.